The molecule has 2 aliphatic carbocycles. The molecule has 212 valence electrons. The van der Waals surface area contributed by atoms with Crippen molar-refractivity contribution in [1.82, 2.24) is 25.1 Å². The third kappa shape index (κ3) is 5.71. The van der Waals surface area contributed by atoms with Gasteiger partial charge in [0.05, 0.1) is 5.56 Å². The smallest absolute Gasteiger partial charge is 0.339 e. The van der Waals surface area contributed by atoms with E-state index in [0.717, 1.165) is 44.0 Å². The first-order chi connectivity index (χ1) is 19.0. The highest BCUT2D eigenvalue weighted by molar-refractivity contribution is 6.00. The first-order valence-corrected chi connectivity index (χ1v) is 13.3. The molecule has 0 aliphatic heterocycles. The van der Waals surface area contributed by atoms with E-state index in [2.05, 4.69) is 25.7 Å². The molecule has 12 heteroatoms. The van der Waals surface area contributed by atoms with E-state index in [9.17, 15) is 22.8 Å². The minimum atomic E-state index is -4.72. The van der Waals surface area contributed by atoms with Crippen molar-refractivity contribution in [3.8, 4) is 11.1 Å². The fourth-order valence-electron chi connectivity index (χ4n) is 5.39. The normalized spacial score (nSPS) is 16.3. The lowest BCUT2D eigenvalue weighted by Gasteiger charge is -2.27. The lowest BCUT2D eigenvalue weighted by molar-refractivity contribution is -0.137. The number of aromatic nitrogens is 4. The van der Waals surface area contributed by atoms with E-state index in [1.165, 1.54) is 19.2 Å². The number of alkyl halides is 3. The molecule has 8 nitrogen and oxygen atoms in total. The molecule has 2 saturated carbocycles. The highest BCUT2D eigenvalue weighted by Crippen LogP contribution is 2.51. The van der Waals surface area contributed by atoms with Gasteiger partial charge in [-0.1, -0.05) is 0 Å². The summed E-state index contributed by atoms with van der Waals surface area (Å²) >= 11 is 0. The average Bonchev–Trinajstić information content (AvgIpc) is 3.82. The van der Waals surface area contributed by atoms with Crippen molar-refractivity contribution < 1.29 is 27.2 Å². The number of anilines is 1. The molecule has 2 aliphatic rings. The summed E-state index contributed by atoms with van der Waals surface area (Å²) in [5.74, 6) is -1.85. The Morgan fingerprint density at radius 1 is 1.02 bits per heavy atom. The maximum atomic E-state index is 15.1. The number of nitrogens with zero attached hydrogens (tertiary/aromatic N) is 4. The van der Waals surface area contributed by atoms with Crippen LogP contribution in [-0.2, 0) is 11.0 Å². The summed E-state index contributed by atoms with van der Waals surface area (Å²) in [6.07, 6.45) is 1.64. The molecule has 1 atom stereocenters. The molecule has 3 aromatic rings. The second-order valence-corrected chi connectivity index (χ2v) is 10.8. The van der Waals surface area contributed by atoms with Gasteiger partial charge in [-0.25, -0.2) is 4.98 Å². The molecule has 2 amide bonds. The summed E-state index contributed by atoms with van der Waals surface area (Å²) in [5, 5.41) is 9.68. The van der Waals surface area contributed by atoms with Crippen LogP contribution in [0.25, 0.3) is 11.1 Å². The van der Waals surface area contributed by atoms with E-state index in [1.807, 2.05) is 13.8 Å². The zero-order chi connectivity index (χ0) is 28.8. The predicted octanol–water partition coefficient (Wildman–Crippen LogP) is 5.56. The standard InChI is InChI=1S/C28H30F4N6O2/c1-14(2)38-20(11-13-34-38)26(39)37-24(23(16-4-5-16)17-6-7-17)27(40)36-21-9-8-18(25(29)35-21)22-15(3)33-12-10-19(22)28(30,31)32/h8-14,16-17,23-24H,4-7H2,1-3H3,(H,37,39)(H,35,36,40)/t24-/m0/s1. The van der Waals surface area contributed by atoms with Crippen LogP contribution in [0, 0.1) is 30.6 Å². The molecule has 0 bridgehead atoms. The molecule has 0 saturated heterocycles. The molecule has 0 unspecified atom stereocenters. The largest absolute Gasteiger partial charge is 0.417 e. The van der Waals surface area contributed by atoms with Gasteiger partial charge in [-0.2, -0.15) is 22.7 Å². The van der Waals surface area contributed by atoms with Crippen molar-refractivity contribution in [2.24, 2.45) is 17.8 Å². The van der Waals surface area contributed by atoms with Crippen LogP contribution in [0.1, 0.15) is 67.3 Å². The Morgan fingerprint density at radius 2 is 1.70 bits per heavy atom. The number of aryl methyl sites for hydroxylation is 1. The number of pyridine rings is 2. The van der Waals surface area contributed by atoms with E-state index in [0.29, 0.717) is 17.5 Å². The van der Waals surface area contributed by atoms with Gasteiger partial charge in [0, 0.05) is 35.3 Å². The number of amides is 2. The van der Waals surface area contributed by atoms with Crippen LogP contribution < -0.4 is 10.6 Å². The lowest BCUT2D eigenvalue weighted by atomic mass is 9.88. The summed E-state index contributed by atoms with van der Waals surface area (Å²) in [5.41, 5.74) is -1.51. The van der Waals surface area contributed by atoms with E-state index < -0.39 is 41.1 Å². The maximum absolute atomic E-state index is 15.1. The van der Waals surface area contributed by atoms with Crippen LogP contribution in [-0.4, -0.2) is 37.6 Å². The molecule has 3 aromatic heterocycles. The minimum absolute atomic E-state index is 0.00701. The van der Waals surface area contributed by atoms with Crippen molar-refractivity contribution in [1.29, 1.82) is 0 Å². The van der Waals surface area contributed by atoms with E-state index >= 15 is 4.39 Å². The second-order valence-electron chi connectivity index (χ2n) is 10.8. The highest BCUT2D eigenvalue weighted by atomic mass is 19.4. The van der Waals surface area contributed by atoms with Gasteiger partial charge in [0.15, 0.2) is 0 Å². The Hall–Kier alpha value is -3.83. The highest BCUT2D eigenvalue weighted by Gasteiger charge is 2.48. The van der Waals surface area contributed by atoms with Crippen LogP contribution in [0.5, 0.6) is 0 Å². The van der Waals surface area contributed by atoms with E-state index in [1.54, 1.807) is 10.7 Å². The minimum Gasteiger partial charge on any atom is -0.339 e. The molecule has 2 N–H and O–H groups in total. The molecular formula is C28H30F4N6O2. The predicted molar refractivity (Wildman–Crippen MR) is 139 cm³/mol. The van der Waals surface area contributed by atoms with Gasteiger partial charge in [-0.15, -0.1) is 0 Å². The Labute approximate surface area is 228 Å². The zero-order valence-corrected chi connectivity index (χ0v) is 22.3. The monoisotopic (exact) mass is 558 g/mol. The Kier molecular flexibility index (Phi) is 7.36. The van der Waals surface area contributed by atoms with E-state index in [-0.39, 0.29) is 29.0 Å². The molecule has 0 radical (unpaired) electrons. The molecule has 0 aromatic carbocycles. The molecular weight excluding hydrogens is 528 g/mol. The number of rotatable bonds is 9. The fourth-order valence-corrected chi connectivity index (χ4v) is 5.39. The quantitative estimate of drug-likeness (QED) is 0.265. The summed E-state index contributed by atoms with van der Waals surface area (Å²) < 4.78 is 57.5. The molecule has 0 spiro atoms. The molecule has 5 rings (SSSR count). The summed E-state index contributed by atoms with van der Waals surface area (Å²) in [4.78, 5) is 34.5. The first-order valence-electron chi connectivity index (χ1n) is 13.3. The van der Waals surface area contributed by atoms with Crippen LogP contribution in [0.15, 0.2) is 36.7 Å². The first kappa shape index (κ1) is 27.7. The van der Waals surface area contributed by atoms with E-state index in [4.69, 9.17) is 0 Å². The number of hydrogen-bond acceptors (Lipinski definition) is 5. The lowest BCUT2D eigenvalue weighted by Crippen LogP contribution is -2.50. The number of hydrogen-bond donors (Lipinski definition) is 2. The van der Waals surface area contributed by atoms with Crippen molar-refractivity contribution in [3.05, 3.63) is 59.6 Å². The maximum Gasteiger partial charge on any atom is 0.417 e. The van der Waals surface area contributed by atoms with Crippen LogP contribution >= 0.6 is 0 Å². The van der Waals surface area contributed by atoms with Crippen LogP contribution in [0.4, 0.5) is 23.4 Å². The topological polar surface area (TPSA) is 102 Å². The van der Waals surface area contributed by atoms with Gasteiger partial charge in [0.1, 0.15) is 17.6 Å². The average molecular weight is 559 g/mol. The van der Waals surface area contributed by atoms with Crippen LogP contribution in [0.2, 0.25) is 0 Å². The summed E-state index contributed by atoms with van der Waals surface area (Å²) in [6, 6.07) is 3.79. The fraction of sp³-hybridized carbons (Fsp3) is 0.464. The van der Waals surface area contributed by atoms with Crippen molar-refractivity contribution in [2.45, 2.75) is 64.7 Å². The van der Waals surface area contributed by atoms with Crippen molar-refractivity contribution in [2.75, 3.05) is 5.32 Å². The van der Waals surface area contributed by atoms with Gasteiger partial charge in [0.2, 0.25) is 11.9 Å². The molecule has 2 fully saturated rings. The number of carbonyl (C=O) groups is 2. The summed E-state index contributed by atoms with van der Waals surface area (Å²) in [7, 11) is 0. The number of halogens is 4. The van der Waals surface area contributed by atoms with Gasteiger partial charge in [0.25, 0.3) is 5.91 Å². The Bertz CT molecular complexity index is 1420. The zero-order valence-electron chi connectivity index (χ0n) is 22.3. The van der Waals surface area contributed by atoms with Crippen molar-refractivity contribution >= 4 is 17.6 Å². The second kappa shape index (κ2) is 10.6. The van der Waals surface area contributed by atoms with Gasteiger partial charge in [-0.3, -0.25) is 19.3 Å². The SMILES string of the molecule is Cc1nccc(C(F)(F)F)c1-c1ccc(NC(=O)[C@@H](NC(=O)c2ccnn2C(C)C)C(C2CC2)C2CC2)nc1F. The summed E-state index contributed by atoms with van der Waals surface area (Å²) in [6.45, 7) is 5.13. The van der Waals surface area contributed by atoms with Gasteiger partial charge >= 0.3 is 6.18 Å². The molecule has 3 heterocycles. The Morgan fingerprint density at radius 3 is 2.27 bits per heavy atom. The molecule has 40 heavy (non-hydrogen) atoms. The van der Waals surface area contributed by atoms with Gasteiger partial charge < -0.3 is 10.6 Å². The third-order valence-corrected chi connectivity index (χ3v) is 7.49. The number of nitrogens with one attached hydrogen (secondary N) is 2. The number of carbonyl (C=O) groups excluding carboxylic acids is 2. The Balaban J connectivity index is 1.41. The van der Waals surface area contributed by atoms with Crippen molar-refractivity contribution in [3.63, 3.8) is 0 Å². The van der Waals surface area contributed by atoms with Crippen LogP contribution in [0.3, 0.4) is 0 Å². The van der Waals surface area contributed by atoms with Gasteiger partial charge in [-0.05, 0) is 88.5 Å². The third-order valence-electron chi connectivity index (χ3n) is 7.49.